The molecule has 0 amide bonds. The first kappa shape index (κ1) is 6.31. The van der Waals surface area contributed by atoms with Crippen LogP contribution in [0.2, 0.25) is 0 Å². The van der Waals surface area contributed by atoms with E-state index in [4.69, 9.17) is 4.74 Å². The molecule has 0 aliphatic carbocycles. The monoisotopic (exact) mass is 105 g/mol. The summed E-state index contributed by atoms with van der Waals surface area (Å²) >= 11 is 4.59. The van der Waals surface area contributed by atoms with Gasteiger partial charge in [-0.3, -0.25) is 0 Å². The van der Waals surface area contributed by atoms with Gasteiger partial charge in [-0.1, -0.05) is 12.6 Å². The molecule has 0 saturated carbocycles. The van der Waals surface area contributed by atoms with Crippen molar-refractivity contribution in [3.63, 3.8) is 0 Å². The Morgan fingerprint density at radius 1 is 1.67 bits per heavy atom. The third-order valence-corrected chi connectivity index (χ3v) is 0.598. The van der Waals surface area contributed by atoms with E-state index in [1.54, 1.807) is 0 Å². The van der Waals surface area contributed by atoms with Crippen LogP contribution in [0.25, 0.3) is 0 Å². The summed E-state index contributed by atoms with van der Waals surface area (Å²) in [5, 5.41) is 0. The summed E-state index contributed by atoms with van der Waals surface area (Å²) in [6.07, 6.45) is 0. The summed E-state index contributed by atoms with van der Waals surface area (Å²) in [5.41, 5.74) is 0. The SMILES string of the molecule is CCOCC[S]. The Morgan fingerprint density at radius 2 is 2.33 bits per heavy atom. The Labute approximate surface area is 44.1 Å². The molecule has 0 N–H and O–H groups in total. The first-order valence-electron chi connectivity index (χ1n) is 2.07. The van der Waals surface area contributed by atoms with Gasteiger partial charge in [0.05, 0.1) is 6.61 Å². The molecule has 0 aliphatic heterocycles. The molecule has 2 heteroatoms. The summed E-state index contributed by atoms with van der Waals surface area (Å²) in [4.78, 5) is 0. The van der Waals surface area contributed by atoms with Gasteiger partial charge in [-0.15, -0.1) is 0 Å². The highest BCUT2D eigenvalue weighted by Crippen LogP contribution is 1.74. The second kappa shape index (κ2) is 5.31. The molecule has 0 aromatic heterocycles. The molecule has 0 bridgehead atoms. The van der Waals surface area contributed by atoms with Gasteiger partial charge in [0.15, 0.2) is 0 Å². The largest absolute Gasteiger partial charge is 0.381 e. The molecule has 0 unspecified atom stereocenters. The summed E-state index contributed by atoms with van der Waals surface area (Å²) in [7, 11) is 0. The Morgan fingerprint density at radius 3 is 2.50 bits per heavy atom. The van der Waals surface area contributed by atoms with Crippen LogP contribution in [0.4, 0.5) is 0 Å². The zero-order valence-corrected chi connectivity index (χ0v) is 4.75. The maximum Gasteiger partial charge on any atom is 0.0564 e. The van der Waals surface area contributed by atoms with Gasteiger partial charge >= 0.3 is 0 Å². The molecular formula is C4H9OS. The first-order valence-corrected chi connectivity index (χ1v) is 2.65. The van der Waals surface area contributed by atoms with Crippen LogP contribution in [0.5, 0.6) is 0 Å². The van der Waals surface area contributed by atoms with Gasteiger partial charge in [-0.2, -0.15) is 0 Å². The minimum atomic E-state index is 0.716. The van der Waals surface area contributed by atoms with Crippen LogP contribution in [-0.2, 0) is 4.74 Å². The number of hydrogen-bond acceptors (Lipinski definition) is 1. The fraction of sp³-hybridized carbons (Fsp3) is 1.00. The number of hydrogen-bond donors (Lipinski definition) is 0. The molecule has 37 valence electrons. The fourth-order valence-electron chi connectivity index (χ4n) is 0.203. The van der Waals surface area contributed by atoms with Crippen molar-refractivity contribution in [3.8, 4) is 0 Å². The molecule has 0 aromatic rings. The number of ether oxygens (including phenoxy) is 1. The average Bonchev–Trinajstić information content (AvgIpc) is 1.61. The molecule has 0 aliphatic rings. The third kappa shape index (κ3) is 4.31. The van der Waals surface area contributed by atoms with Gasteiger partial charge in [0.1, 0.15) is 0 Å². The molecule has 0 heterocycles. The molecule has 0 rings (SSSR count). The van der Waals surface area contributed by atoms with Gasteiger partial charge < -0.3 is 4.74 Å². The summed E-state index contributed by atoms with van der Waals surface area (Å²) < 4.78 is 4.88. The lowest BCUT2D eigenvalue weighted by atomic mass is 10.8. The van der Waals surface area contributed by atoms with Crippen LogP contribution in [0.3, 0.4) is 0 Å². The van der Waals surface area contributed by atoms with E-state index in [0.29, 0.717) is 5.75 Å². The topological polar surface area (TPSA) is 9.23 Å². The highest BCUT2D eigenvalue weighted by molar-refractivity contribution is 7.80. The summed E-state index contributed by atoms with van der Waals surface area (Å²) in [5.74, 6) is 0.716. The van der Waals surface area contributed by atoms with Crippen molar-refractivity contribution >= 4 is 12.6 Å². The van der Waals surface area contributed by atoms with Crippen LogP contribution in [0.15, 0.2) is 0 Å². The minimum absolute atomic E-state index is 0.716. The Kier molecular flexibility index (Phi) is 5.58. The van der Waals surface area contributed by atoms with E-state index in [2.05, 4.69) is 12.6 Å². The van der Waals surface area contributed by atoms with Crippen LogP contribution in [0, 0.1) is 0 Å². The van der Waals surface area contributed by atoms with Crippen LogP contribution in [-0.4, -0.2) is 19.0 Å². The molecule has 0 atom stereocenters. The van der Waals surface area contributed by atoms with Gasteiger partial charge in [0.2, 0.25) is 0 Å². The van der Waals surface area contributed by atoms with Crippen molar-refractivity contribution in [2.24, 2.45) is 0 Å². The van der Waals surface area contributed by atoms with E-state index in [1.165, 1.54) is 0 Å². The van der Waals surface area contributed by atoms with E-state index in [1.807, 2.05) is 6.92 Å². The van der Waals surface area contributed by atoms with Crippen molar-refractivity contribution in [2.75, 3.05) is 19.0 Å². The fourth-order valence-corrected chi connectivity index (χ4v) is 0.321. The minimum Gasteiger partial charge on any atom is -0.381 e. The van der Waals surface area contributed by atoms with Crippen molar-refractivity contribution in [2.45, 2.75) is 6.92 Å². The Balaban J connectivity index is 2.34. The van der Waals surface area contributed by atoms with E-state index in [0.717, 1.165) is 13.2 Å². The van der Waals surface area contributed by atoms with E-state index >= 15 is 0 Å². The summed E-state index contributed by atoms with van der Waals surface area (Å²) in [6.45, 7) is 3.48. The predicted octanol–water partition coefficient (Wildman–Crippen LogP) is 1.22. The maximum atomic E-state index is 4.88. The second-order valence-corrected chi connectivity index (χ2v) is 1.31. The first-order chi connectivity index (χ1) is 2.91. The molecule has 0 spiro atoms. The van der Waals surface area contributed by atoms with Crippen molar-refractivity contribution in [1.29, 1.82) is 0 Å². The quantitative estimate of drug-likeness (QED) is 0.490. The molecule has 1 radical (unpaired) electrons. The van der Waals surface area contributed by atoms with Crippen LogP contribution in [0.1, 0.15) is 6.92 Å². The molecule has 6 heavy (non-hydrogen) atoms. The zero-order chi connectivity index (χ0) is 4.83. The van der Waals surface area contributed by atoms with E-state index < -0.39 is 0 Å². The standard InChI is InChI=1S/C4H9OS/c1-2-5-3-4-6/h2-4H2,1H3. The van der Waals surface area contributed by atoms with Gasteiger partial charge in [-0.25, -0.2) is 0 Å². The second-order valence-electron chi connectivity index (χ2n) is 0.901. The third-order valence-electron chi connectivity index (χ3n) is 0.432. The van der Waals surface area contributed by atoms with Crippen molar-refractivity contribution < 1.29 is 4.74 Å². The van der Waals surface area contributed by atoms with Crippen molar-refractivity contribution in [3.05, 3.63) is 0 Å². The lowest BCUT2D eigenvalue weighted by molar-refractivity contribution is 0.165. The van der Waals surface area contributed by atoms with E-state index in [-0.39, 0.29) is 0 Å². The molecule has 0 saturated heterocycles. The van der Waals surface area contributed by atoms with Crippen molar-refractivity contribution in [1.82, 2.24) is 0 Å². The van der Waals surface area contributed by atoms with Gasteiger partial charge in [0, 0.05) is 12.4 Å². The molecule has 0 fully saturated rings. The maximum absolute atomic E-state index is 4.88. The predicted molar refractivity (Wildman–Crippen MR) is 29.0 cm³/mol. The normalized spacial score (nSPS) is 9.00. The average molecular weight is 105 g/mol. The number of rotatable bonds is 3. The van der Waals surface area contributed by atoms with Gasteiger partial charge in [-0.05, 0) is 6.92 Å². The Bertz CT molecular complexity index is 19.5. The summed E-state index contributed by atoms with van der Waals surface area (Å²) in [6, 6.07) is 0. The lowest BCUT2D eigenvalue weighted by Crippen LogP contribution is -1.92. The highest BCUT2D eigenvalue weighted by Gasteiger charge is 1.74. The molecule has 1 nitrogen and oxygen atoms in total. The highest BCUT2D eigenvalue weighted by atomic mass is 32.1. The smallest absolute Gasteiger partial charge is 0.0564 e. The molecular weight excluding hydrogens is 96.1 g/mol. The van der Waals surface area contributed by atoms with Gasteiger partial charge in [0.25, 0.3) is 0 Å². The molecule has 0 aromatic carbocycles. The van der Waals surface area contributed by atoms with Crippen LogP contribution >= 0.6 is 12.6 Å². The van der Waals surface area contributed by atoms with E-state index in [9.17, 15) is 0 Å². The lowest BCUT2D eigenvalue weighted by Gasteiger charge is -1.90. The Hall–Kier alpha value is 0.310. The zero-order valence-electron chi connectivity index (χ0n) is 3.94. The van der Waals surface area contributed by atoms with Crippen LogP contribution < -0.4 is 0 Å².